The first-order chi connectivity index (χ1) is 18.9. The Hall–Kier alpha value is -3.95. The van der Waals surface area contributed by atoms with Crippen molar-refractivity contribution in [2.45, 2.75) is 39.7 Å². The zero-order valence-electron chi connectivity index (χ0n) is 22.1. The van der Waals surface area contributed by atoms with E-state index in [1.54, 1.807) is 12.1 Å². The second-order valence-corrected chi connectivity index (χ2v) is 10.8. The van der Waals surface area contributed by atoms with Crippen molar-refractivity contribution in [1.82, 2.24) is 14.3 Å². The highest BCUT2D eigenvalue weighted by Crippen LogP contribution is 2.34. The minimum atomic E-state index is -1.58. The number of aromatic hydroxyl groups is 1. The number of nitrogens with zero attached hydrogens (tertiary/aromatic N) is 3. The number of rotatable bonds is 10. The number of hydrogen-bond acceptors (Lipinski definition) is 7. The molecule has 4 aromatic rings. The third-order valence-electron chi connectivity index (χ3n) is 6.75. The smallest absolute Gasteiger partial charge is 0.270 e. The number of carbonyl (C=O) groups is 1. The van der Waals surface area contributed by atoms with E-state index in [0.29, 0.717) is 36.1 Å². The van der Waals surface area contributed by atoms with Gasteiger partial charge in [-0.3, -0.25) is 4.79 Å². The van der Waals surface area contributed by atoms with Gasteiger partial charge < -0.3 is 24.0 Å². The van der Waals surface area contributed by atoms with Crippen molar-refractivity contribution in [2.75, 3.05) is 19.7 Å². The van der Waals surface area contributed by atoms with E-state index in [1.807, 2.05) is 42.2 Å². The van der Waals surface area contributed by atoms with Crippen LogP contribution >= 0.6 is 10.9 Å². The van der Waals surface area contributed by atoms with Gasteiger partial charge in [0.05, 0.1) is 23.6 Å². The van der Waals surface area contributed by atoms with Crippen molar-refractivity contribution in [3.63, 3.8) is 0 Å². The van der Waals surface area contributed by atoms with Gasteiger partial charge in [0.1, 0.15) is 12.4 Å². The average molecular weight is 546 g/mol. The van der Waals surface area contributed by atoms with Crippen molar-refractivity contribution >= 4 is 16.9 Å². The van der Waals surface area contributed by atoms with Crippen LogP contribution < -0.4 is 9.47 Å². The van der Waals surface area contributed by atoms with Crippen molar-refractivity contribution < 1.29 is 23.9 Å². The molecule has 1 amide bonds. The molecule has 1 aliphatic heterocycles. The average Bonchev–Trinajstić information content (AvgIpc) is 3.48. The zero-order chi connectivity index (χ0) is 27.4. The molecular formula is C30H31N3O5S. The van der Waals surface area contributed by atoms with Gasteiger partial charge in [-0.25, -0.2) is 4.98 Å². The van der Waals surface area contributed by atoms with Crippen LogP contribution in [0, 0.1) is 13.8 Å². The van der Waals surface area contributed by atoms with Crippen LogP contribution in [-0.4, -0.2) is 49.5 Å². The fraction of sp³-hybridized carbons (Fsp3) is 0.300. The predicted octanol–water partition coefficient (Wildman–Crippen LogP) is 5.83. The number of pyridine rings is 1. The van der Waals surface area contributed by atoms with Crippen molar-refractivity contribution in [2.24, 2.45) is 0 Å². The summed E-state index contributed by atoms with van der Waals surface area (Å²) >= 11 is 0. The summed E-state index contributed by atoms with van der Waals surface area (Å²) in [6.45, 7) is 6.53. The van der Waals surface area contributed by atoms with E-state index in [1.165, 1.54) is 6.07 Å². The molecule has 0 bridgehead atoms. The third-order valence-corrected chi connectivity index (χ3v) is 7.84. The molecule has 0 saturated carbocycles. The lowest BCUT2D eigenvalue weighted by molar-refractivity contribution is -0.127. The van der Waals surface area contributed by atoms with E-state index in [2.05, 4.69) is 28.4 Å². The second-order valence-electron chi connectivity index (χ2n) is 9.64. The Kier molecular flexibility index (Phi) is 8.09. The van der Waals surface area contributed by atoms with Crippen molar-refractivity contribution in [1.29, 1.82) is 0 Å². The summed E-state index contributed by atoms with van der Waals surface area (Å²) in [4.78, 5) is 18.8. The van der Waals surface area contributed by atoms with Crippen LogP contribution in [0.1, 0.15) is 36.1 Å². The minimum absolute atomic E-state index is 0.224. The van der Waals surface area contributed by atoms with Crippen LogP contribution in [0.15, 0.2) is 60.7 Å². The molecule has 2 aromatic heterocycles. The Bertz CT molecular complexity index is 1440. The first-order valence-electron chi connectivity index (χ1n) is 13.0. The van der Waals surface area contributed by atoms with Crippen molar-refractivity contribution in [3.05, 3.63) is 77.5 Å². The van der Waals surface area contributed by atoms with Gasteiger partial charge in [0.25, 0.3) is 5.88 Å². The predicted molar refractivity (Wildman–Crippen MR) is 149 cm³/mol. The van der Waals surface area contributed by atoms with Crippen LogP contribution in [0.2, 0.25) is 0 Å². The van der Waals surface area contributed by atoms with E-state index < -0.39 is 10.9 Å². The third kappa shape index (κ3) is 6.38. The Morgan fingerprint density at radius 1 is 1.05 bits per heavy atom. The molecule has 5 rings (SSSR count). The number of benzene rings is 2. The largest absolute Gasteiger partial charge is 0.568 e. The van der Waals surface area contributed by atoms with Crippen LogP contribution in [-0.2, 0) is 11.4 Å². The Labute approximate surface area is 230 Å². The highest BCUT2D eigenvalue weighted by atomic mass is 32.2. The van der Waals surface area contributed by atoms with Gasteiger partial charge in [0.2, 0.25) is 16.7 Å². The Morgan fingerprint density at radius 3 is 2.56 bits per heavy atom. The highest BCUT2D eigenvalue weighted by Gasteiger charge is 2.19. The Morgan fingerprint density at radius 2 is 1.87 bits per heavy atom. The summed E-state index contributed by atoms with van der Waals surface area (Å²) in [5.41, 5.74) is 5.84. The monoisotopic (exact) mass is 545 g/mol. The van der Waals surface area contributed by atoms with Crippen LogP contribution in [0.3, 0.4) is 0 Å². The summed E-state index contributed by atoms with van der Waals surface area (Å²) in [5.74, 6) is 1.30. The lowest BCUT2D eigenvalue weighted by Gasteiger charge is -2.16. The van der Waals surface area contributed by atoms with Gasteiger partial charge in [-0.2, -0.15) is 0 Å². The van der Waals surface area contributed by atoms with Gasteiger partial charge in [-0.15, -0.1) is 0 Å². The highest BCUT2D eigenvalue weighted by molar-refractivity contribution is 7.23. The summed E-state index contributed by atoms with van der Waals surface area (Å²) < 4.78 is 27.5. The van der Waals surface area contributed by atoms with Crippen LogP contribution in [0.4, 0.5) is 0 Å². The number of hydrogen-bond donors (Lipinski definition) is 1. The van der Waals surface area contributed by atoms with Crippen LogP contribution in [0.25, 0.3) is 21.6 Å². The molecule has 3 heterocycles. The molecule has 39 heavy (non-hydrogen) atoms. The molecule has 0 aliphatic carbocycles. The zero-order valence-corrected chi connectivity index (χ0v) is 22.9. The van der Waals surface area contributed by atoms with Gasteiger partial charge in [-0.1, -0.05) is 18.2 Å². The lowest BCUT2D eigenvalue weighted by atomic mass is 9.98. The molecule has 0 spiro atoms. The van der Waals surface area contributed by atoms with E-state index in [4.69, 9.17) is 9.47 Å². The number of aromatic nitrogens is 2. The maximum absolute atomic E-state index is 12.0. The molecule has 1 aliphatic rings. The number of amides is 1. The maximum atomic E-state index is 12.0. The minimum Gasteiger partial charge on any atom is -0.568 e. The fourth-order valence-electron chi connectivity index (χ4n) is 4.89. The van der Waals surface area contributed by atoms with Crippen LogP contribution in [0.5, 0.6) is 17.5 Å². The molecule has 1 unspecified atom stereocenters. The van der Waals surface area contributed by atoms with Crippen molar-refractivity contribution in [3.8, 4) is 39.1 Å². The molecule has 1 saturated heterocycles. The number of ether oxygens (including phenoxy) is 2. The van der Waals surface area contributed by atoms with E-state index in [-0.39, 0.29) is 11.8 Å². The quantitative estimate of drug-likeness (QED) is 0.197. The maximum Gasteiger partial charge on any atom is 0.270 e. The molecule has 1 atom stereocenters. The lowest BCUT2D eigenvalue weighted by Crippen LogP contribution is -2.26. The van der Waals surface area contributed by atoms with Gasteiger partial charge in [0, 0.05) is 46.8 Å². The van der Waals surface area contributed by atoms with Gasteiger partial charge in [-0.05, 0) is 73.7 Å². The van der Waals surface area contributed by atoms with E-state index >= 15 is 0 Å². The topological polar surface area (TPSA) is 108 Å². The van der Waals surface area contributed by atoms with E-state index in [9.17, 15) is 14.5 Å². The molecule has 9 heteroatoms. The molecule has 1 fully saturated rings. The summed E-state index contributed by atoms with van der Waals surface area (Å²) in [7, 11) is -1.58. The standard InChI is InChI=1S/C30H31N3O5S/c1-20-16-28(37-15-5-14-33-13-4-8-29(33)35)31-21(2)30(20)24-7-3-6-22(17-24)19-38-25-11-9-23(10-12-25)26-18-27(34)32-39(26)36/h3,6-7,9-12,16-18H,4-5,8,13-15,19H2,1-2H3,(H,32,34). The SMILES string of the molecule is Cc1cc(OCCCN2CCCC2=O)nc(C)c1-c1cccc(COc2ccc(-c3cc(O)n[s+]3[O-])cc2)c1. The number of likely N-dealkylation sites (tertiary alicyclic amines) is 1. The van der Waals surface area contributed by atoms with Gasteiger partial charge in [0.15, 0.2) is 0 Å². The molecule has 2 aromatic carbocycles. The summed E-state index contributed by atoms with van der Waals surface area (Å²) in [6, 6.07) is 18.8. The first kappa shape index (κ1) is 26.6. The van der Waals surface area contributed by atoms with E-state index in [0.717, 1.165) is 59.4 Å². The molecule has 1 N–H and O–H groups in total. The molecule has 0 radical (unpaired) electrons. The fourth-order valence-corrected chi connectivity index (χ4v) is 5.76. The van der Waals surface area contributed by atoms with Gasteiger partial charge >= 0.3 is 0 Å². The second kappa shape index (κ2) is 11.8. The first-order valence-corrected chi connectivity index (χ1v) is 14.1. The number of aryl methyl sites for hydroxylation is 2. The molecular weight excluding hydrogens is 514 g/mol. The Balaban J connectivity index is 1.20. The molecule has 8 nitrogen and oxygen atoms in total. The normalized spacial score (nSPS) is 13.7. The molecule has 202 valence electrons. The summed E-state index contributed by atoms with van der Waals surface area (Å²) in [5, 5.41) is 9.47. The summed E-state index contributed by atoms with van der Waals surface area (Å²) in [6.07, 6.45) is 2.40. The number of carbonyl (C=O) groups excluding carboxylic acids is 1.